The zero-order valence-corrected chi connectivity index (χ0v) is 15.8. The number of pyridine rings is 1. The number of halogens is 3. The van der Waals surface area contributed by atoms with Gasteiger partial charge >= 0.3 is 6.18 Å². The lowest BCUT2D eigenvalue weighted by atomic mass is 9.94. The minimum absolute atomic E-state index is 0.0729. The quantitative estimate of drug-likeness (QED) is 0.732. The molecular weight excluding hydrogens is 383 g/mol. The van der Waals surface area contributed by atoms with E-state index in [1.54, 1.807) is 0 Å². The van der Waals surface area contributed by atoms with E-state index in [2.05, 4.69) is 4.99 Å². The fraction of sp³-hybridized carbons (Fsp3) is 0.381. The first kappa shape index (κ1) is 20.6. The highest BCUT2D eigenvalue weighted by Crippen LogP contribution is 2.36. The van der Waals surface area contributed by atoms with Crippen LogP contribution in [0.1, 0.15) is 60.4 Å². The van der Waals surface area contributed by atoms with Crippen molar-refractivity contribution >= 4 is 11.9 Å². The Kier molecular flexibility index (Phi) is 5.78. The number of para-hydroxylation sites is 1. The van der Waals surface area contributed by atoms with Crippen LogP contribution in [0.3, 0.4) is 0 Å². The molecule has 8 heteroatoms. The van der Waals surface area contributed by atoms with Crippen LogP contribution >= 0.6 is 0 Å². The van der Waals surface area contributed by atoms with E-state index in [9.17, 15) is 28.3 Å². The van der Waals surface area contributed by atoms with Crippen molar-refractivity contribution in [2.24, 2.45) is 4.99 Å². The maximum atomic E-state index is 13.2. The van der Waals surface area contributed by atoms with Crippen LogP contribution in [0.4, 0.5) is 18.9 Å². The van der Waals surface area contributed by atoms with Crippen LogP contribution in [0.25, 0.3) is 0 Å². The summed E-state index contributed by atoms with van der Waals surface area (Å²) in [6.45, 7) is 1.47. The third-order valence-corrected chi connectivity index (χ3v) is 5.27. The summed E-state index contributed by atoms with van der Waals surface area (Å²) in [6, 6.07) is 6.44. The molecule has 0 radical (unpaired) electrons. The van der Waals surface area contributed by atoms with Gasteiger partial charge in [0, 0.05) is 12.3 Å². The molecule has 1 aromatic carbocycles. The maximum Gasteiger partial charge on any atom is 0.418 e. The van der Waals surface area contributed by atoms with Crippen molar-refractivity contribution in [3.8, 4) is 11.9 Å². The molecule has 0 bridgehead atoms. The average molecular weight is 403 g/mol. The van der Waals surface area contributed by atoms with Crippen molar-refractivity contribution in [1.29, 1.82) is 5.26 Å². The molecule has 0 unspecified atom stereocenters. The zero-order chi connectivity index (χ0) is 21.2. The van der Waals surface area contributed by atoms with Crippen LogP contribution in [-0.4, -0.2) is 15.9 Å². The Morgan fingerprint density at radius 3 is 2.52 bits per heavy atom. The summed E-state index contributed by atoms with van der Waals surface area (Å²) in [5.74, 6) is -0.369. The number of rotatable bonds is 3. The van der Waals surface area contributed by atoms with E-state index < -0.39 is 17.3 Å². The molecule has 0 aliphatic heterocycles. The molecule has 29 heavy (non-hydrogen) atoms. The summed E-state index contributed by atoms with van der Waals surface area (Å²) in [4.78, 5) is 16.7. The molecule has 1 aromatic heterocycles. The molecule has 1 fully saturated rings. The van der Waals surface area contributed by atoms with Gasteiger partial charge in [-0.05, 0) is 37.5 Å². The van der Waals surface area contributed by atoms with Crippen molar-refractivity contribution in [1.82, 2.24) is 4.57 Å². The molecule has 0 atom stereocenters. The van der Waals surface area contributed by atoms with E-state index in [4.69, 9.17) is 0 Å². The first-order chi connectivity index (χ1) is 13.8. The van der Waals surface area contributed by atoms with Gasteiger partial charge in [-0.25, -0.2) is 0 Å². The number of aromatic nitrogens is 1. The monoisotopic (exact) mass is 403 g/mol. The predicted octanol–water partition coefficient (Wildman–Crippen LogP) is 5.01. The summed E-state index contributed by atoms with van der Waals surface area (Å²) in [7, 11) is 0. The minimum Gasteiger partial charge on any atom is -0.494 e. The molecule has 1 heterocycles. The molecule has 1 N–H and O–H groups in total. The van der Waals surface area contributed by atoms with Crippen molar-refractivity contribution in [3.63, 3.8) is 0 Å². The van der Waals surface area contributed by atoms with Crippen LogP contribution in [0, 0.1) is 18.3 Å². The van der Waals surface area contributed by atoms with E-state index in [1.165, 1.54) is 29.7 Å². The second kappa shape index (κ2) is 8.11. The standard InChI is InChI=1S/C21H20F3N3O2/c1-13-15(11-25)19(28)27(14-7-3-2-4-8-14)20(29)16(13)12-26-18-10-6-5-9-17(18)21(22,23)24/h5-6,9-10,12,14,29H,2-4,7-8H2,1H3. The molecule has 2 aromatic rings. The molecule has 0 spiro atoms. The smallest absolute Gasteiger partial charge is 0.418 e. The highest BCUT2D eigenvalue weighted by Gasteiger charge is 2.33. The first-order valence-corrected chi connectivity index (χ1v) is 9.34. The third-order valence-electron chi connectivity index (χ3n) is 5.27. The fourth-order valence-corrected chi connectivity index (χ4v) is 3.73. The summed E-state index contributed by atoms with van der Waals surface area (Å²) in [6.07, 6.45) is 0.719. The van der Waals surface area contributed by atoms with E-state index >= 15 is 0 Å². The summed E-state index contributed by atoms with van der Waals surface area (Å²) in [5, 5.41) is 20.2. The lowest BCUT2D eigenvalue weighted by molar-refractivity contribution is -0.137. The second-order valence-corrected chi connectivity index (χ2v) is 7.09. The summed E-state index contributed by atoms with van der Waals surface area (Å²) in [5.41, 5.74) is -1.68. The largest absolute Gasteiger partial charge is 0.494 e. The molecule has 3 rings (SSSR count). The zero-order valence-electron chi connectivity index (χ0n) is 15.8. The van der Waals surface area contributed by atoms with Gasteiger partial charge in [-0.1, -0.05) is 31.4 Å². The van der Waals surface area contributed by atoms with Crippen molar-refractivity contribution in [2.45, 2.75) is 51.2 Å². The Bertz CT molecular complexity index is 1040. The Balaban J connectivity index is 2.15. The molecule has 5 nitrogen and oxygen atoms in total. The minimum atomic E-state index is -4.58. The van der Waals surface area contributed by atoms with Crippen LogP contribution in [0.15, 0.2) is 34.1 Å². The predicted molar refractivity (Wildman–Crippen MR) is 103 cm³/mol. The van der Waals surface area contributed by atoms with Crippen molar-refractivity contribution < 1.29 is 18.3 Å². The number of hydrogen-bond donors (Lipinski definition) is 1. The maximum absolute atomic E-state index is 13.2. The number of benzene rings is 1. The Morgan fingerprint density at radius 2 is 1.90 bits per heavy atom. The molecule has 1 aliphatic rings. The molecule has 152 valence electrons. The van der Waals surface area contributed by atoms with Crippen LogP contribution < -0.4 is 5.56 Å². The van der Waals surface area contributed by atoms with Crippen LogP contribution in [-0.2, 0) is 6.18 Å². The summed E-state index contributed by atoms with van der Waals surface area (Å²) < 4.78 is 40.8. The van der Waals surface area contributed by atoms with Gasteiger partial charge in [-0.3, -0.25) is 14.4 Å². The number of hydrogen-bond acceptors (Lipinski definition) is 4. The lowest BCUT2D eigenvalue weighted by Gasteiger charge is -2.26. The van der Waals surface area contributed by atoms with Gasteiger partial charge in [0.25, 0.3) is 5.56 Å². The van der Waals surface area contributed by atoms with Crippen molar-refractivity contribution in [3.05, 3.63) is 56.9 Å². The number of nitrogens with zero attached hydrogens (tertiary/aromatic N) is 3. The normalized spacial score (nSPS) is 15.6. The highest BCUT2D eigenvalue weighted by atomic mass is 19.4. The molecule has 1 saturated carbocycles. The van der Waals surface area contributed by atoms with E-state index in [0.717, 1.165) is 31.5 Å². The van der Waals surface area contributed by atoms with E-state index in [0.29, 0.717) is 12.8 Å². The first-order valence-electron chi connectivity index (χ1n) is 9.34. The molecule has 1 aliphatic carbocycles. The molecule has 0 amide bonds. The van der Waals surface area contributed by atoms with Crippen LogP contribution in [0.5, 0.6) is 5.88 Å². The number of aliphatic imine (C=N–C) groups is 1. The van der Waals surface area contributed by atoms with Gasteiger partial charge in [-0.2, -0.15) is 18.4 Å². The SMILES string of the molecule is Cc1c(C=Nc2ccccc2C(F)(F)F)c(O)n(C2CCCCC2)c(=O)c1C#N. The Morgan fingerprint density at radius 1 is 1.24 bits per heavy atom. The van der Waals surface area contributed by atoms with Crippen LogP contribution in [0.2, 0.25) is 0 Å². The lowest BCUT2D eigenvalue weighted by Crippen LogP contribution is -2.30. The number of aromatic hydroxyl groups is 1. The fourth-order valence-electron chi connectivity index (χ4n) is 3.73. The number of nitriles is 1. The van der Waals surface area contributed by atoms with Gasteiger partial charge in [0.1, 0.15) is 11.6 Å². The Labute approximate surface area is 165 Å². The van der Waals surface area contributed by atoms with E-state index in [-0.39, 0.29) is 34.3 Å². The molecular formula is C21H20F3N3O2. The Hall–Kier alpha value is -3.08. The molecule has 0 saturated heterocycles. The van der Waals surface area contributed by atoms with Gasteiger partial charge < -0.3 is 5.11 Å². The second-order valence-electron chi connectivity index (χ2n) is 7.09. The third kappa shape index (κ3) is 4.04. The summed E-state index contributed by atoms with van der Waals surface area (Å²) >= 11 is 0. The average Bonchev–Trinajstić information content (AvgIpc) is 2.68. The van der Waals surface area contributed by atoms with Gasteiger partial charge in [-0.15, -0.1) is 0 Å². The topological polar surface area (TPSA) is 78.4 Å². The van der Waals surface area contributed by atoms with Gasteiger partial charge in [0.15, 0.2) is 0 Å². The number of alkyl halides is 3. The van der Waals surface area contributed by atoms with Gasteiger partial charge in [0.2, 0.25) is 5.88 Å². The van der Waals surface area contributed by atoms with E-state index in [1.807, 2.05) is 6.07 Å². The van der Waals surface area contributed by atoms with Gasteiger partial charge in [0.05, 0.1) is 16.8 Å². The highest BCUT2D eigenvalue weighted by molar-refractivity contribution is 5.87. The van der Waals surface area contributed by atoms with Crippen molar-refractivity contribution in [2.75, 3.05) is 0 Å².